The first-order valence-electron chi connectivity index (χ1n) is 9.80. The minimum absolute atomic E-state index is 0.195. The molecule has 0 aliphatic heterocycles. The second-order valence-electron chi connectivity index (χ2n) is 7.06. The molecule has 8 heteroatoms. The predicted octanol–water partition coefficient (Wildman–Crippen LogP) is 4.39. The minimum Gasteiger partial charge on any atom is -0.478 e. The largest absolute Gasteiger partial charge is 0.478 e. The standard InChI is InChI=1S/C23H18ClN5O2/c1-3-31-21-11-5-15-12-18(14-4-10-19-20(13-14)27-28(2)26-19)23(30)29(22(15)25-21)17-8-6-16(24)7-9-17/h4-13H,3H2,1-2H3. The van der Waals surface area contributed by atoms with Gasteiger partial charge in [-0.1, -0.05) is 17.7 Å². The first-order chi connectivity index (χ1) is 15.0. The molecule has 2 aromatic carbocycles. The fraction of sp³-hybridized carbons (Fsp3) is 0.130. The Bertz CT molecular complexity index is 1490. The van der Waals surface area contributed by atoms with Crippen LogP contribution in [0.5, 0.6) is 5.88 Å². The van der Waals surface area contributed by atoms with E-state index in [9.17, 15) is 4.79 Å². The van der Waals surface area contributed by atoms with Crippen LogP contribution in [0, 0.1) is 0 Å². The van der Waals surface area contributed by atoms with Gasteiger partial charge in [0.2, 0.25) is 5.88 Å². The van der Waals surface area contributed by atoms with Crippen LogP contribution in [-0.2, 0) is 7.05 Å². The predicted molar refractivity (Wildman–Crippen MR) is 121 cm³/mol. The Morgan fingerprint density at radius 3 is 2.52 bits per heavy atom. The molecule has 3 heterocycles. The minimum atomic E-state index is -0.195. The summed E-state index contributed by atoms with van der Waals surface area (Å²) in [4.78, 5) is 19.8. The molecule has 0 bridgehead atoms. The topological polar surface area (TPSA) is 74.8 Å². The summed E-state index contributed by atoms with van der Waals surface area (Å²) in [6.45, 7) is 2.38. The number of hydrogen-bond acceptors (Lipinski definition) is 5. The number of rotatable bonds is 4. The lowest BCUT2D eigenvalue weighted by atomic mass is 10.0. The highest BCUT2D eigenvalue weighted by Crippen LogP contribution is 2.26. The van der Waals surface area contributed by atoms with Crippen molar-refractivity contribution in [3.8, 4) is 22.7 Å². The van der Waals surface area contributed by atoms with E-state index in [-0.39, 0.29) is 5.56 Å². The van der Waals surface area contributed by atoms with Crippen molar-refractivity contribution in [2.24, 2.45) is 7.05 Å². The third-order valence-electron chi connectivity index (χ3n) is 4.99. The number of pyridine rings is 2. The maximum absolute atomic E-state index is 13.7. The summed E-state index contributed by atoms with van der Waals surface area (Å²) in [5.41, 5.74) is 3.79. The van der Waals surface area contributed by atoms with Crippen molar-refractivity contribution in [1.82, 2.24) is 24.5 Å². The van der Waals surface area contributed by atoms with E-state index < -0.39 is 0 Å². The zero-order chi connectivity index (χ0) is 21.5. The summed E-state index contributed by atoms with van der Waals surface area (Å²) >= 11 is 6.07. The fourth-order valence-electron chi connectivity index (χ4n) is 3.62. The lowest BCUT2D eigenvalue weighted by molar-refractivity contribution is 0.328. The van der Waals surface area contributed by atoms with E-state index in [4.69, 9.17) is 16.3 Å². The van der Waals surface area contributed by atoms with Gasteiger partial charge >= 0.3 is 0 Å². The number of aryl methyl sites for hydroxylation is 1. The lowest BCUT2D eigenvalue weighted by Crippen LogP contribution is -2.21. The van der Waals surface area contributed by atoms with Crippen LogP contribution < -0.4 is 10.3 Å². The van der Waals surface area contributed by atoms with Crippen molar-refractivity contribution in [3.63, 3.8) is 0 Å². The molecule has 3 aromatic heterocycles. The summed E-state index contributed by atoms with van der Waals surface area (Å²) in [6, 6.07) is 18.3. The Kier molecular flexibility index (Phi) is 4.67. The summed E-state index contributed by atoms with van der Waals surface area (Å²) < 4.78 is 7.15. The number of fused-ring (bicyclic) bond motifs is 2. The van der Waals surface area contributed by atoms with Crippen LogP contribution in [-0.4, -0.2) is 31.2 Å². The molecule has 154 valence electrons. The highest BCUT2D eigenvalue weighted by Gasteiger charge is 2.16. The zero-order valence-electron chi connectivity index (χ0n) is 16.9. The Hall–Kier alpha value is -3.71. The van der Waals surface area contributed by atoms with E-state index in [2.05, 4.69) is 15.2 Å². The summed E-state index contributed by atoms with van der Waals surface area (Å²) in [5.74, 6) is 0.464. The van der Waals surface area contributed by atoms with Crippen LogP contribution in [0.2, 0.25) is 5.02 Å². The molecule has 0 saturated heterocycles. The van der Waals surface area contributed by atoms with E-state index in [0.29, 0.717) is 34.4 Å². The monoisotopic (exact) mass is 431 g/mol. The normalized spacial score (nSPS) is 11.3. The Balaban J connectivity index is 1.81. The average Bonchev–Trinajstić information content (AvgIpc) is 3.14. The summed E-state index contributed by atoms with van der Waals surface area (Å²) in [6.07, 6.45) is 0. The number of benzene rings is 2. The van der Waals surface area contributed by atoms with Gasteiger partial charge in [0.05, 0.1) is 12.3 Å². The van der Waals surface area contributed by atoms with Crippen molar-refractivity contribution < 1.29 is 4.74 Å². The van der Waals surface area contributed by atoms with Crippen LogP contribution in [0.25, 0.3) is 38.9 Å². The smallest absolute Gasteiger partial charge is 0.264 e. The zero-order valence-corrected chi connectivity index (χ0v) is 17.7. The summed E-state index contributed by atoms with van der Waals surface area (Å²) in [7, 11) is 1.77. The number of halogens is 1. The molecule has 0 radical (unpaired) electrons. The third kappa shape index (κ3) is 3.43. The van der Waals surface area contributed by atoms with Gasteiger partial charge in [0.1, 0.15) is 11.0 Å². The van der Waals surface area contributed by atoms with E-state index in [1.807, 2.05) is 37.3 Å². The van der Waals surface area contributed by atoms with Gasteiger partial charge in [0.25, 0.3) is 5.56 Å². The molecule has 5 aromatic rings. The van der Waals surface area contributed by atoms with Crippen LogP contribution in [0.15, 0.2) is 65.5 Å². The molecule has 0 N–H and O–H groups in total. The maximum Gasteiger partial charge on any atom is 0.264 e. The number of hydrogen-bond donors (Lipinski definition) is 0. The SMILES string of the molecule is CCOc1ccc2cc(-c3ccc4nn(C)nc4c3)c(=O)n(-c3ccc(Cl)cc3)c2n1. The van der Waals surface area contributed by atoms with Gasteiger partial charge < -0.3 is 4.74 Å². The van der Waals surface area contributed by atoms with Gasteiger partial charge in [-0.3, -0.25) is 9.36 Å². The van der Waals surface area contributed by atoms with E-state index in [1.54, 1.807) is 41.9 Å². The molecule has 0 amide bonds. The van der Waals surface area contributed by atoms with Gasteiger partial charge in [0, 0.05) is 29.1 Å². The van der Waals surface area contributed by atoms with Crippen molar-refractivity contribution in [1.29, 1.82) is 0 Å². The van der Waals surface area contributed by atoms with Gasteiger partial charge in [0.15, 0.2) is 5.65 Å². The van der Waals surface area contributed by atoms with E-state index in [0.717, 1.165) is 22.0 Å². The fourth-order valence-corrected chi connectivity index (χ4v) is 3.75. The molecular weight excluding hydrogens is 414 g/mol. The van der Waals surface area contributed by atoms with Crippen molar-refractivity contribution in [2.75, 3.05) is 6.61 Å². The maximum atomic E-state index is 13.7. The van der Waals surface area contributed by atoms with Crippen LogP contribution >= 0.6 is 11.6 Å². The first kappa shape index (κ1) is 19.3. The van der Waals surface area contributed by atoms with Crippen LogP contribution in [0.1, 0.15) is 6.92 Å². The van der Waals surface area contributed by atoms with Gasteiger partial charge in [-0.2, -0.15) is 20.0 Å². The first-order valence-corrected chi connectivity index (χ1v) is 10.2. The summed E-state index contributed by atoms with van der Waals surface area (Å²) in [5, 5.41) is 10.1. The molecule has 0 spiro atoms. The molecule has 0 saturated carbocycles. The molecule has 0 aliphatic carbocycles. The number of aromatic nitrogens is 5. The molecule has 31 heavy (non-hydrogen) atoms. The van der Waals surface area contributed by atoms with Crippen molar-refractivity contribution >= 4 is 33.7 Å². The molecule has 5 rings (SSSR count). The molecule has 0 atom stereocenters. The van der Waals surface area contributed by atoms with Crippen molar-refractivity contribution in [2.45, 2.75) is 6.92 Å². The van der Waals surface area contributed by atoms with Gasteiger partial charge in [-0.05, 0) is 61.0 Å². The Labute approximate surface area is 182 Å². The quantitative estimate of drug-likeness (QED) is 0.422. The Morgan fingerprint density at radius 2 is 1.74 bits per heavy atom. The number of ether oxygens (including phenoxy) is 1. The molecule has 0 aliphatic rings. The highest BCUT2D eigenvalue weighted by atomic mass is 35.5. The van der Waals surface area contributed by atoms with Gasteiger partial charge in [-0.25, -0.2) is 0 Å². The van der Waals surface area contributed by atoms with Gasteiger partial charge in [-0.15, -0.1) is 0 Å². The average molecular weight is 432 g/mol. The highest BCUT2D eigenvalue weighted by molar-refractivity contribution is 6.30. The Morgan fingerprint density at radius 1 is 0.968 bits per heavy atom. The van der Waals surface area contributed by atoms with Crippen LogP contribution in [0.3, 0.4) is 0 Å². The van der Waals surface area contributed by atoms with Crippen molar-refractivity contribution in [3.05, 3.63) is 76.0 Å². The lowest BCUT2D eigenvalue weighted by Gasteiger charge is -2.14. The molecule has 0 unspecified atom stereocenters. The van der Waals surface area contributed by atoms with E-state index >= 15 is 0 Å². The third-order valence-corrected chi connectivity index (χ3v) is 5.25. The van der Waals surface area contributed by atoms with E-state index in [1.165, 1.54) is 4.80 Å². The molecular formula is C23H18ClN5O2. The molecule has 0 fully saturated rings. The van der Waals surface area contributed by atoms with Crippen LogP contribution in [0.4, 0.5) is 0 Å². The second kappa shape index (κ2) is 7.52. The molecule has 7 nitrogen and oxygen atoms in total. The second-order valence-corrected chi connectivity index (χ2v) is 7.50. The number of nitrogens with zero attached hydrogens (tertiary/aromatic N) is 5.